The lowest BCUT2D eigenvalue weighted by molar-refractivity contribution is 0.0641. The van der Waals surface area contributed by atoms with E-state index >= 15 is 0 Å². The smallest absolute Gasteiger partial charge is 0.407 e. The molecular weight excluding hydrogens is 568 g/mol. The molecule has 1 aromatic heterocycles. The minimum Gasteiger partial charge on any atom is -0.465 e. The molecule has 0 aliphatic carbocycles. The van der Waals surface area contributed by atoms with Gasteiger partial charge in [0.1, 0.15) is 12.4 Å². The van der Waals surface area contributed by atoms with Gasteiger partial charge < -0.3 is 24.7 Å². The summed E-state index contributed by atoms with van der Waals surface area (Å²) in [6.07, 6.45) is 6.96. The van der Waals surface area contributed by atoms with Crippen LogP contribution in [0, 0.1) is 0 Å². The number of carboxylic acid groups (broad SMARTS) is 1. The molecular formula is C35H44N6O4. The average Bonchev–Trinajstić information content (AvgIpc) is 3.72. The van der Waals surface area contributed by atoms with E-state index in [1.54, 1.807) is 4.90 Å². The number of amides is 1. The summed E-state index contributed by atoms with van der Waals surface area (Å²) in [7, 11) is 0. The van der Waals surface area contributed by atoms with Gasteiger partial charge in [-0.15, -0.1) is 0 Å². The summed E-state index contributed by atoms with van der Waals surface area (Å²) in [6.45, 7) is 6.76. The third kappa shape index (κ3) is 4.79. The molecule has 5 aliphatic rings. The molecule has 5 aliphatic heterocycles. The van der Waals surface area contributed by atoms with E-state index in [0.717, 1.165) is 76.0 Å². The molecule has 10 heteroatoms. The van der Waals surface area contributed by atoms with E-state index in [1.807, 2.05) is 0 Å². The number of fused-ring (bicyclic) bond motifs is 5. The number of hydrogen-bond acceptors (Lipinski definition) is 8. The van der Waals surface area contributed by atoms with Crippen molar-refractivity contribution in [3.05, 3.63) is 53.2 Å². The molecule has 8 rings (SSSR count). The van der Waals surface area contributed by atoms with Crippen molar-refractivity contribution in [3.8, 4) is 6.01 Å². The Bertz CT molecular complexity index is 1600. The Balaban J connectivity index is 1.14. The van der Waals surface area contributed by atoms with E-state index in [-0.39, 0.29) is 30.3 Å². The zero-order valence-corrected chi connectivity index (χ0v) is 26.2. The number of anilines is 2. The first-order chi connectivity index (χ1) is 22.0. The molecule has 0 spiro atoms. The van der Waals surface area contributed by atoms with Crippen molar-refractivity contribution in [1.82, 2.24) is 19.8 Å². The highest BCUT2D eigenvalue weighted by Gasteiger charge is 2.50. The number of nitrogens with zero attached hydrogens (tertiary/aromatic N) is 6. The number of aliphatic hydroxyl groups excluding tert-OH is 1. The molecule has 0 unspecified atom stereocenters. The second kappa shape index (κ2) is 11.3. The molecule has 1 amide bonds. The first kappa shape index (κ1) is 28.8. The van der Waals surface area contributed by atoms with Gasteiger partial charge in [-0.3, -0.25) is 9.80 Å². The number of rotatable bonds is 7. The summed E-state index contributed by atoms with van der Waals surface area (Å²) < 4.78 is 6.57. The summed E-state index contributed by atoms with van der Waals surface area (Å²) in [4.78, 5) is 31.1. The van der Waals surface area contributed by atoms with Gasteiger partial charge in [-0.1, -0.05) is 37.3 Å². The highest BCUT2D eigenvalue weighted by molar-refractivity contribution is 5.97. The topological polar surface area (TPSA) is 105 Å². The van der Waals surface area contributed by atoms with Crippen LogP contribution in [0.1, 0.15) is 62.3 Å². The number of benzene rings is 2. The van der Waals surface area contributed by atoms with Crippen LogP contribution in [0.2, 0.25) is 0 Å². The Morgan fingerprint density at radius 3 is 2.58 bits per heavy atom. The lowest BCUT2D eigenvalue weighted by Crippen LogP contribution is -2.56. The number of carbonyl (C=O) groups is 1. The first-order valence-corrected chi connectivity index (χ1v) is 16.9. The largest absolute Gasteiger partial charge is 0.465 e. The van der Waals surface area contributed by atoms with Gasteiger partial charge in [-0.25, -0.2) is 4.79 Å². The third-order valence-corrected chi connectivity index (χ3v) is 11.4. The maximum absolute atomic E-state index is 12.0. The fourth-order valence-electron chi connectivity index (χ4n) is 9.27. The molecule has 238 valence electrons. The van der Waals surface area contributed by atoms with E-state index in [2.05, 4.69) is 58.0 Å². The van der Waals surface area contributed by atoms with Crippen LogP contribution < -0.4 is 14.5 Å². The fourth-order valence-corrected chi connectivity index (χ4v) is 9.27. The van der Waals surface area contributed by atoms with Gasteiger partial charge in [0, 0.05) is 42.3 Å². The van der Waals surface area contributed by atoms with Gasteiger partial charge in [-0.05, 0) is 74.9 Å². The molecule has 2 N–H and O–H groups in total. The van der Waals surface area contributed by atoms with E-state index in [4.69, 9.17) is 14.7 Å². The van der Waals surface area contributed by atoms with Crippen LogP contribution in [0.25, 0.3) is 10.8 Å². The summed E-state index contributed by atoms with van der Waals surface area (Å²) >= 11 is 0. The highest BCUT2D eigenvalue weighted by atomic mass is 16.5. The van der Waals surface area contributed by atoms with Crippen molar-refractivity contribution >= 4 is 28.4 Å². The highest BCUT2D eigenvalue weighted by Crippen LogP contribution is 2.43. The molecule has 6 heterocycles. The molecule has 4 saturated heterocycles. The molecule has 2 bridgehead atoms. The Morgan fingerprint density at radius 2 is 1.82 bits per heavy atom. The summed E-state index contributed by atoms with van der Waals surface area (Å²) in [5.41, 5.74) is 4.70. The van der Waals surface area contributed by atoms with Crippen molar-refractivity contribution in [3.63, 3.8) is 0 Å². The van der Waals surface area contributed by atoms with Crippen LogP contribution in [0.3, 0.4) is 0 Å². The second-order valence-corrected chi connectivity index (χ2v) is 13.7. The van der Waals surface area contributed by atoms with Gasteiger partial charge in [0.05, 0.1) is 36.5 Å². The molecule has 3 aromatic rings. The minimum atomic E-state index is -0.814. The Labute approximate surface area is 264 Å². The van der Waals surface area contributed by atoms with E-state index < -0.39 is 6.09 Å². The zero-order valence-electron chi connectivity index (χ0n) is 26.2. The normalized spacial score (nSPS) is 27.7. The van der Waals surface area contributed by atoms with Crippen LogP contribution in [-0.4, -0.2) is 99.1 Å². The van der Waals surface area contributed by atoms with Gasteiger partial charge in [0.25, 0.3) is 0 Å². The number of piperazine rings is 1. The Kier molecular flexibility index (Phi) is 7.24. The maximum Gasteiger partial charge on any atom is 0.407 e. The number of aliphatic hydroxyl groups is 1. The SMILES string of the molecule is CCc1cccc2cccc(N3CCc4c(nc(OC[C@]56CCCN5[C@@H](CO)CC6)nc4N4C[C@H]5CC[C@@H](C4)N5C(=O)O)C3)c12. The summed E-state index contributed by atoms with van der Waals surface area (Å²) in [5, 5.41) is 22.4. The Morgan fingerprint density at radius 1 is 1.02 bits per heavy atom. The van der Waals surface area contributed by atoms with E-state index in [0.29, 0.717) is 32.3 Å². The van der Waals surface area contributed by atoms with Gasteiger partial charge >= 0.3 is 12.1 Å². The van der Waals surface area contributed by atoms with E-state index in [9.17, 15) is 15.0 Å². The monoisotopic (exact) mass is 612 g/mol. The summed E-state index contributed by atoms with van der Waals surface area (Å²) in [6, 6.07) is 13.8. The van der Waals surface area contributed by atoms with Crippen LogP contribution in [0.15, 0.2) is 36.4 Å². The van der Waals surface area contributed by atoms with Gasteiger partial charge in [0.15, 0.2) is 0 Å². The Hall–Kier alpha value is -3.63. The fraction of sp³-hybridized carbons (Fsp3) is 0.571. The molecule has 0 saturated carbocycles. The molecule has 4 fully saturated rings. The molecule has 2 aromatic carbocycles. The molecule has 0 radical (unpaired) electrons. The van der Waals surface area contributed by atoms with Crippen LogP contribution in [-0.2, 0) is 19.4 Å². The van der Waals surface area contributed by atoms with E-state index in [1.165, 1.54) is 27.6 Å². The predicted molar refractivity (Wildman–Crippen MR) is 173 cm³/mol. The van der Waals surface area contributed by atoms with Crippen molar-refractivity contribution in [1.29, 1.82) is 0 Å². The lowest BCUT2D eigenvalue weighted by atomic mass is 9.95. The quantitative estimate of drug-likeness (QED) is 0.400. The lowest BCUT2D eigenvalue weighted by Gasteiger charge is -2.41. The van der Waals surface area contributed by atoms with Crippen molar-refractivity contribution in [2.45, 2.75) is 88.5 Å². The first-order valence-electron chi connectivity index (χ1n) is 16.9. The summed E-state index contributed by atoms with van der Waals surface area (Å²) in [5.74, 6) is 0.921. The molecule has 10 nitrogen and oxygen atoms in total. The van der Waals surface area contributed by atoms with Crippen LogP contribution >= 0.6 is 0 Å². The van der Waals surface area contributed by atoms with Crippen molar-refractivity contribution < 1.29 is 19.7 Å². The van der Waals surface area contributed by atoms with Crippen molar-refractivity contribution in [2.75, 3.05) is 49.2 Å². The average molecular weight is 613 g/mol. The zero-order chi connectivity index (χ0) is 30.7. The third-order valence-electron chi connectivity index (χ3n) is 11.4. The molecule has 4 atom stereocenters. The number of aromatic nitrogens is 2. The van der Waals surface area contributed by atoms with Crippen LogP contribution in [0.4, 0.5) is 16.3 Å². The number of aryl methyl sites for hydroxylation is 1. The van der Waals surface area contributed by atoms with Gasteiger partial charge in [0.2, 0.25) is 0 Å². The second-order valence-electron chi connectivity index (χ2n) is 13.7. The predicted octanol–water partition coefficient (Wildman–Crippen LogP) is 4.45. The van der Waals surface area contributed by atoms with Gasteiger partial charge in [-0.2, -0.15) is 9.97 Å². The number of hydrogen-bond donors (Lipinski definition) is 2. The van der Waals surface area contributed by atoms with Crippen molar-refractivity contribution in [2.24, 2.45) is 0 Å². The minimum absolute atomic E-state index is 0.0145. The maximum atomic E-state index is 12.0. The molecule has 45 heavy (non-hydrogen) atoms. The number of ether oxygens (including phenoxy) is 1. The van der Waals surface area contributed by atoms with Crippen LogP contribution in [0.5, 0.6) is 6.01 Å². The standard InChI is InChI=1S/C35H44N6O4/c1-2-23-6-3-7-24-8-4-9-30(31(23)24)38-17-13-28-29(20-38)36-33(45-22-35-14-5-16-40(35)27(21-42)12-15-35)37-32(28)39-18-25-10-11-26(19-39)41(25)34(43)44/h3-4,6-9,25-27,42H,2,5,10-22H2,1H3,(H,43,44)/t25-,26+,27-,35-/m1/s1.